The van der Waals surface area contributed by atoms with Crippen molar-refractivity contribution >= 4 is 66.5 Å². The summed E-state index contributed by atoms with van der Waals surface area (Å²) in [6.45, 7) is 10.1. The Labute approximate surface area is 286 Å². The van der Waals surface area contributed by atoms with E-state index in [-0.39, 0.29) is 22.5 Å². The zero-order valence-electron chi connectivity index (χ0n) is 27.1. The van der Waals surface area contributed by atoms with Crippen molar-refractivity contribution < 1.29 is 22.3 Å². The Morgan fingerprint density at radius 3 is 2.50 bits per heavy atom. The van der Waals surface area contributed by atoms with Gasteiger partial charge in [-0.15, -0.1) is 0 Å². The van der Waals surface area contributed by atoms with Gasteiger partial charge in [-0.1, -0.05) is 91.1 Å². The van der Waals surface area contributed by atoms with Crippen molar-refractivity contribution in [2.24, 2.45) is 0 Å². The third kappa shape index (κ3) is 6.87. The SMILES string of the molecule is C[N+]1=C(/C=C/C=C/C=C2\N(CCCCS(=O)(=O)[O-])c3ccc4ccccc4c3C2(C)C)C(C)(C)c2cc(CNC(=O)CI)ccc21. The summed E-state index contributed by atoms with van der Waals surface area (Å²) in [6.07, 6.45) is 11.4. The molecule has 1 amide bonds. The molecule has 5 rings (SSSR count). The van der Waals surface area contributed by atoms with E-state index in [1.165, 1.54) is 27.6 Å². The van der Waals surface area contributed by atoms with E-state index in [4.69, 9.17) is 0 Å². The molecule has 0 saturated carbocycles. The number of fused-ring (bicyclic) bond motifs is 4. The molecule has 7 nitrogen and oxygen atoms in total. The van der Waals surface area contributed by atoms with Crippen LogP contribution in [0.25, 0.3) is 10.8 Å². The van der Waals surface area contributed by atoms with Crippen molar-refractivity contribution in [2.45, 2.75) is 57.9 Å². The highest BCUT2D eigenvalue weighted by molar-refractivity contribution is 14.1. The maximum atomic E-state index is 11.8. The Morgan fingerprint density at radius 1 is 1.00 bits per heavy atom. The maximum Gasteiger partial charge on any atom is 0.230 e. The van der Waals surface area contributed by atoms with E-state index < -0.39 is 10.1 Å². The monoisotopic (exact) mass is 751 g/mol. The Hall–Kier alpha value is -3.28. The number of nitrogens with zero attached hydrogens (tertiary/aromatic N) is 2. The van der Waals surface area contributed by atoms with Crippen molar-refractivity contribution in [3.05, 3.63) is 107 Å². The summed E-state index contributed by atoms with van der Waals surface area (Å²) in [7, 11) is -2.14. The van der Waals surface area contributed by atoms with Crippen molar-refractivity contribution in [2.75, 3.05) is 28.7 Å². The Kier molecular flexibility index (Phi) is 9.96. The summed E-state index contributed by atoms with van der Waals surface area (Å²) in [6, 6.07) is 19.1. The molecule has 3 aromatic carbocycles. The molecule has 46 heavy (non-hydrogen) atoms. The van der Waals surface area contributed by atoms with Gasteiger partial charge in [-0.3, -0.25) is 4.79 Å². The molecule has 2 aliphatic heterocycles. The van der Waals surface area contributed by atoms with Gasteiger partial charge in [-0.05, 0) is 66.8 Å². The standard InChI is InChI=1S/C37H42IN3O4S/c1-36(2)29-23-26(25-39-34(42)24-38)17-19-30(29)40(5)32(36)15-7-6-8-16-33-37(3,4)35-28-14-10-9-13-27(28)18-20-31(35)41(33)21-11-12-22-46(43,44)45/h6-10,13-20,23H,11-12,21-22,24-25H2,1-5H3,(H-,39,42,43,44,45). The number of nitrogens with one attached hydrogen (secondary N) is 1. The van der Waals surface area contributed by atoms with Gasteiger partial charge in [-0.25, -0.2) is 8.42 Å². The summed E-state index contributed by atoms with van der Waals surface area (Å²) in [5.74, 6) is -0.312. The minimum absolute atomic E-state index is 0.0328. The molecule has 2 aliphatic rings. The molecule has 0 bridgehead atoms. The number of hydrogen-bond acceptors (Lipinski definition) is 5. The number of unbranched alkanes of at least 4 members (excludes halogenated alkanes) is 1. The molecular weight excluding hydrogens is 709 g/mol. The van der Waals surface area contributed by atoms with Gasteiger partial charge >= 0.3 is 0 Å². The van der Waals surface area contributed by atoms with Crippen LogP contribution >= 0.6 is 22.6 Å². The molecule has 0 atom stereocenters. The fourth-order valence-corrected chi connectivity index (χ4v) is 7.75. The van der Waals surface area contributed by atoms with E-state index in [9.17, 15) is 17.8 Å². The van der Waals surface area contributed by atoms with E-state index in [0.717, 1.165) is 22.6 Å². The molecule has 0 aliphatic carbocycles. The third-order valence-corrected chi connectivity index (χ3v) is 10.7. The van der Waals surface area contributed by atoms with Crippen LogP contribution in [0.1, 0.15) is 57.2 Å². The molecule has 3 aromatic rings. The smallest absolute Gasteiger partial charge is 0.230 e. The molecule has 1 N–H and O–H groups in total. The van der Waals surface area contributed by atoms with Gasteiger partial charge in [0.2, 0.25) is 11.6 Å². The zero-order valence-corrected chi connectivity index (χ0v) is 30.1. The molecule has 0 saturated heterocycles. The fraction of sp³-hybridized carbons (Fsp3) is 0.351. The lowest BCUT2D eigenvalue weighted by atomic mass is 9.80. The van der Waals surface area contributed by atoms with Crippen LogP contribution in [-0.2, 0) is 32.3 Å². The number of rotatable bonds is 11. The second-order valence-electron chi connectivity index (χ2n) is 13.1. The molecule has 0 aromatic heterocycles. The van der Waals surface area contributed by atoms with E-state index in [1.54, 1.807) is 0 Å². The molecule has 0 unspecified atom stereocenters. The number of carbonyl (C=O) groups is 1. The molecule has 0 radical (unpaired) electrons. The molecule has 9 heteroatoms. The van der Waals surface area contributed by atoms with Gasteiger partial charge in [0.15, 0.2) is 5.71 Å². The zero-order chi connectivity index (χ0) is 33.3. The molecular formula is C37H42IN3O4S. The first kappa shape index (κ1) is 34.1. The number of anilines is 1. The van der Waals surface area contributed by atoms with Crippen LogP contribution in [0, 0.1) is 0 Å². The number of amides is 1. The van der Waals surface area contributed by atoms with E-state index in [2.05, 4.69) is 157 Å². The van der Waals surface area contributed by atoms with Crippen LogP contribution in [0.15, 0.2) is 90.7 Å². The average molecular weight is 752 g/mol. The Balaban J connectivity index is 1.39. The predicted octanol–water partition coefficient (Wildman–Crippen LogP) is 7.02. The van der Waals surface area contributed by atoms with Gasteiger partial charge in [0.05, 0.1) is 20.0 Å². The van der Waals surface area contributed by atoms with Crippen LogP contribution in [0.5, 0.6) is 0 Å². The summed E-state index contributed by atoms with van der Waals surface area (Å²) in [4.78, 5) is 14.1. The van der Waals surface area contributed by atoms with Gasteiger partial charge in [0.1, 0.15) is 7.05 Å². The van der Waals surface area contributed by atoms with Crippen molar-refractivity contribution in [3.63, 3.8) is 0 Å². The number of hydrogen-bond donors (Lipinski definition) is 1. The van der Waals surface area contributed by atoms with Crippen molar-refractivity contribution in [1.82, 2.24) is 5.32 Å². The normalized spacial score (nSPS) is 17.9. The second kappa shape index (κ2) is 13.4. The van der Waals surface area contributed by atoms with Gasteiger partial charge in [0, 0.05) is 53.3 Å². The van der Waals surface area contributed by atoms with E-state index in [1.807, 2.05) is 0 Å². The lowest BCUT2D eigenvalue weighted by Gasteiger charge is -2.27. The lowest BCUT2D eigenvalue weighted by molar-refractivity contribution is -0.401. The summed E-state index contributed by atoms with van der Waals surface area (Å²) < 4.78 is 36.3. The van der Waals surface area contributed by atoms with E-state index in [0.29, 0.717) is 30.4 Å². The van der Waals surface area contributed by atoms with Gasteiger partial charge < -0.3 is 14.8 Å². The number of halogens is 1. The van der Waals surface area contributed by atoms with E-state index >= 15 is 0 Å². The average Bonchev–Trinajstić information content (AvgIpc) is 3.35. The number of benzene rings is 3. The van der Waals surface area contributed by atoms with Crippen molar-refractivity contribution in [3.8, 4) is 0 Å². The molecule has 2 heterocycles. The number of alkyl halides is 1. The first-order valence-corrected chi connectivity index (χ1v) is 18.7. The molecule has 0 spiro atoms. The Morgan fingerprint density at radius 2 is 1.76 bits per heavy atom. The van der Waals surface area contributed by atoms with Gasteiger partial charge in [-0.2, -0.15) is 4.58 Å². The summed E-state index contributed by atoms with van der Waals surface area (Å²) in [5, 5.41) is 5.36. The largest absolute Gasteiger partial charge is 0.748 e. The lowest BCUT2D eigenvalue weighted by Crippen LogP contribution is -2.27. The molecule has 0 fully saturated rings. The highest BCUT2D eigenvalue weighted by atomic mass is 127. The maximum absolute atomic E-state index is 11.8. The first-order chi connectivity index (χ1) is 21.8. The van der Waals surface area contributed by atoms with Crippen LogP contribution in [0.4, 0.5) is 11.4 Å². The molecule has 242 valence electrons. The predicted molar refractivity (Wildman–Crippen MR) is 196 cm³/mol. The van der Waals surface area contributed by atoms with Crippen LogP contribution in [0.2, 0.25) is 0 Å². The quantitative estimate of drug-likeness (QED) is 0.0569. The third-order valence-electron chi connectivity index (χ3n) is 9.22. The van der Waals surface area contributed by atoms with Crippen LogP contribution in [-0.4, -0.2) is 52.9 Å². The number of allylic oxidation sites excluding steroid dienone is 6. The minimum atomic E-state index is -4.23. The van der Waals surface area contributed by atoms with Crippen LogP contribution in [0.3, 0.4) is 0 Å². The van der Waals surface area contributed by atoms with Crippen LogP contribution < -0.4 is 10.2 Å². The summed E-state index contributed by atoms with van der Waals surface area (Å²) >= 11 is 2.07. The highest BCUT2D eigenvalue weighted by Crippen LogP contribution is 2.50. The van der Waals surface area contributed by atoms with Gasteiger partial charge in [0.25, 0.3) is 0 Å². The highest BCUT2D eigenvalue weighted by Gasteiger charge is 2.43. The second-order valence-corrected chi connectivity index (χ2v) is 15.3. The van der Waals surface area contributed by atoms with Crippen molar-refractivity contribution in [1.29, 1.82) is 0 Å². The topological polar surface area (TPSA) is 92.6 Å². The first-order valence-electron chi connectivity index (χ1n) is 15.6. The minimum Gasteiger partial charge on any atom is -0.748 e. The fourth-order valence-electron chi connectivity index (χ4n) is 6.92. The Bertz CT molecular complexity index is 1900. The summed E-state index contributed by atoms with van der Waals surface area (Å²) in [5.41, 5.74) is 7.69. The number of carbonyl (C=O) groups excluding carboxylic acids is 1.